The van der Waals surface area contributed by atoms with Gasteiger partial charge in [-0.3, -0.25) is 4.79 Å². The summed E-state index contributed by atoms with van der Waals surface area (Å²) in [4.78, 5) is 13.8. The predicted octanol–water partition coefficient (Wildman–Crippen LogP) is 2.36. The highest BCUT2D eigenvalue weighted by Crippen LogP contribution is 2.38. The normalized spacial score (nSPS) is 31.8. The molecule has 1 aromatic carbocycles. The Bertz CT molecular complexity index is 569. The summed E-state index contributed by atoms with van der Waals surface area (Å²) in [6.45, 7) is 2.69. The molecule has 0 aromatic heterocycles. The maximum atomic E-state index is 12.6. The number of nitrogens with one attached hydrogen (secondary N) is 1. The lowest BCUT2D eigenvalue weighted by Crippen LogP contribution is -2.50. The lowest BCUT2D eigenvalue weighted by atomic mass is 9.84. The van der Waals surface area contributed by atoms with Crippen LogP contribution in [0.4, 0.5) is 0 Å². The third-order valence-electron chi connectivity index (χ3n) is 4.35. The van der Waals surface area contributed by atoms with Gasteiger partial charge in [0.25, 0.3) is 0 Å². The van der Waals surface area contributed by atoms with Crippen LogP contribution in [-0.4, -0.2) is 30.9 Å². The van der Waals surface area contributed by atoms with Crippen LogP contribution in [-0.2, 0) is 9.53 Å². The highest BCUT2D eigenvalue weighted by Gasteiger charge is 2.45. The van der Waals surface area contributed by atoms with Crippen LogP contribution < -0.4 is 11.1 Å². The molecule has 3 unspecified atom stereocenters. The summed E-state index contributed by atoms with van der Waals surface area (Å²) in [6, 6.07) is 5.60. The molecule has 3 rings (SSSR count). The lowest BCUT2D eigenvalue weighted by molar-refractivity contribution is -0.131. The first kappa shape index (κ1) is 15.2. The van der Waals surface area contributed by atoms with E-state index in [0.29, 0.717) is 18.2 Å². The van der Waals surface area contributed by atoms with Gasteiger partial charge in [0.15, 0.2) is 0 Å². The van der Waals surface area contributed by atoms with Gasteiger partial charge in [-0.25, -0.2) is 0 Å². The Balaban J connectivity index is 1.80. The van der Waals surface area contributed by atoms with Crippen LogP contribution >= 0.6 is 23.4 Å². The summed E-state index contributed by atoms with van der Waals surface area (Å²) in [6.07, 6.45) is 0.899. The second-order valence-electron chi connectivity index (χ2n) is 5.88. The van der Waals surface area contributed by atoms with Crippen molar-refractivity contribution in [3.05, 3.63) is 28.8 Å². The number of hydrogen-bond donors (Lipinski definition) is 2. The minimum Gasteiger partial charge on any atom is -0.379 e. The fraction of sp³-hybridized carbons (Fsp3) is 0.533. The molecule has 0 spiro atoms. The molecule has 3 N–H and O–H groups in total. The number of ether oxygens (including phenoxy) is 1. The first-order chi connectivity index (χ1) is 10.0. The first-order valence-electron chi connectivity index (χ1n) is 7.07. The van der Waals surface area contributed by atoms with Crippen molar-refractivity contribution in [1.82, 2.24) is 5.32 Å². The van der Waals surface area contributed by atoms with Crippen LogP contribution in [0.3, 0.4) is 0 Å². The number of fused-ring (bicyclic) bond motifs is 1. The third-order valence-corrected chi connectivity index (χ3v) is 5.71. The molecule has 4 nitrogen and oxygen atoms in total. The van der Waals surface area contributed by atoms with Crippen molar-refractivity contribution in [2.75, 3.05) is 19.0 Å². The fourth-order valence-electron chi connectivity index (χ4n) is 2.76. The van der Waals surface area contributed by atoms with Crippen molar-refractivity contribution in [3.8, 4) is 0 Å². The van der Waals surface area contributed by atoms with Gasteiger partial charge in [-0.05, 0) is 37.1 Å². The van der Waals surface area contributed by atoms with E-state index in [1.54, 1.807) is 11.8 Å². The summed E-state index contributed by atoms with van der Waals surface area (Å²) in [5, 5.41) is 3.84. The van der Waals surface area contributed by atoms with E-state index in [1.165, 1.54) is 4.90 Å². The van der Waals surface area contributed by atoms with Gasteiger partial charge in [-0.2, -0.15) is 0 Å². The zero-order valence-electron chi connectivity index (χ0n) is 11.9. The van der Waals surface area contributed by atoms with E-state index in [-0.39, 0.29) is 18.0 Å². The Kier molecular flexibility index (Phi) is 4.19. The highest BCUT2D eigenvalue weighted by atomic mass is 35.5. The summed E-state index contributed by atoms with van der Waals surface area (Å²) < 4.78 is 5.36. The van der Waals surface area contributed by atoms with E-state index in [2.05, 4.69) is 5.32 Å². The Hall–Kier alpha value is -0.750. The van der Waals surface area contributed by atoms with Gasteiger partial charge >= 0.3 is 0 Å². The molecule has 0 saturated carbocycles. The summed E-state index contributed by atoms with van der Waals surface area (Å²) in [5.74, 6) is 0.953. The second-order valence-corrected chi connectivity index (χ2v) is 7.46. The van der Waals surface area contributed by atoms with Gasteiger partial charge < -0.3 is 15.8 Å². The van der Waals surface area contributed by atoms with E-state index in [0.717, 1.165) is 17.7 Å². The van der Waals surface area contributed by atoms with E-state index in [4.69, 9.17) is 22.1 Å². The molecule has 1 aromatic rings. The Morgan fingerprint density at radius 3 is 3.10 bits per heavy atom. The quantitative estimate of drug-likeness (QED) is 0.875. The molecule has 3 atom stereocenters. The number of rotatable bonds is 2. The maximum Gasteiger partial charge on any atom is 0.230 e. The van der Waals surface area contributed by atoms with Gasteiger partial charge in [0, 0.05) is 21.7 Å². The van der Waals surface area contributed by atoms with E-state index in [9.17, 15) is 4.79 Å². The third kappa shape index (κ3) is 2.80. The van der Waals surface area contributed by atoms with Crippen molar-refractivity contribution in [3.63, 3.8) is 0 Å². The monoisotopic (exact) mass is 326 g/mol. The van der Waals surface area contributed by atoms with E-state index < -0.39 is 5.41 Å². The van der Waals surface area contributed by atoms with Gasteiger partial charge in [0.2, 0.25) is 5.91 Å². The smallest absolute Gasteiger partial charge is 0.230 e. The molecular formula is C15H19ClN2O2S. The molecule has 0 aliphatic carbocycles. The molecule has 0 radical (unpaired) electrons. The molecule has 1 saturated heterocycles. The van der Waals surface area contributed by atoms with Crippen molar-refractivity contribution >= 4 is 29.3 Å². The second kappa shape index (κ2) is 5.80. The largest absolute Gasteiger partial charge is 0.379 e. The number of thioether (sulfide) groups is 1. The molecule has 1 amide bonds. The lowest BCUT2D eigenvalue weighted by Gasteiger charge is -2.31. The zero-order chi connectivity index (χ0) is 15.0. The summed E-state index contributed by atoms with van der Waals surface area (Å²) in [7, 11) is 0. The maximum absolute atomic E-state index is 12.6. The van der Waals surface area contributed by atoms with Crippen LogP contribution in [0.1, 0.15) is 24.9 Å². The van der Waals surface area contributed by atoms with Crippen LogP contribution in [0.15, 0.2) is 23.1 Å². The molecule has 6 heteroatoms. The van der Waals surface area contributed by atoms with Crippen LogP contribution in [0.25, 0.3) is 0 Å². The fourth-order valence-corrected chi connectivity index (χ4v) is 4.05. The molecule has 21 heavy (non-hydrogen) atoms. The number of carbonyl (C=O) groups is 1. The first-order valence-corrected chi connectivity index (χ1v) is 8.43. The average molecular weight is 327 g/mol. The minimum atomic E-state index is -0.649. The topological polar surface area (TPSA) is 64.3 Å². The van der Waals surface area contributed by atoms with Gasteiger partial charge in [0.05, 0.1) is 24.7 Å². The standard InChI is InChI=1S/C15H19ClN2O2S/c1-15(8-20-7-13(15)17)14(19)18-11-4-5-21-12-3-2-9(16)6-10(11)12/h2-3,6,11,13H,4-5,7-8,17H2,1H3,(H,18,19). The molecule has 0 bridgehead atoms. The Morgan fingerprint density at radius 1 is 1.57 bits per heavy atom. The molecule has 114 valence electrons. The molecule has 1 fully saturated rings. The summed E-state index contributed by atoms with van der Waals surface area (Å²) in [5.41, 5.74) is 6.48. The number of halogens is 1. The van der Waals surface area contributed by atoms with E-state index in [1.807, 2.05) is 25.1 Å². The SMILES string of the molecule is CC1(C(=O)NC2CCSc3ccc(Cl)cc32)COCC1N. The molecule has 2 heterocycles. The number of carbonyl (C=O) groups excluding carboxylic acids is 1. The number of amides is 1. The van der Waals surface area contributed by atoms with Crippen LogP contribution in [0.2, 0.25) is 5.02 Å². The van der Waals surface area contributed by atoms with E-state index >= 15 is 0 Å². The summed E-state index contributed by atoms with van der Waals surface area (Å²) >= 11 is 7.90. The van der Waals surface area contributed by atoms with Crippen molar-refractivity contribution in [2.24, 2.45) is 11.1 Å². The minimum absolute atomic E-state index is 0.00271. The van der Waals surface area contributed by atoms with Crippen molar-refractivity contribution in [2.45, 2.75) is 30.3 Å². The van der Waals surface area contributed by atoms with Crippen molar-refractivity contribution in [1.29, 1.82) is 0 Å². The Morgan fingerprint density at radius 2 is 2.38 bits per heavy atom. The van der Waals surface area contributed by atoms with Crippen LogP contribution in [0, 0.1) is 5.41 Å². The van der Waals surface area contributed by atoms with Crippen molar-refractivity contribution < 1.29 is 9.53 Å². The van der Waals surface area contributed by atoms with Gasteiger partial charge in [0.1, 0.15) is 0 Å². The number of benzene rings is 1. The van der Waals surface area contributed by atoms with Gasteiger partial charge in [-0.15, -0.1) is 11.8 Å². The van der Waals surface area contributed by atoms with Crippen LogP contribution in [0.5, 0.6) is 0 Å². The van der Waals surface area contributed by atoms with Gasteiger partial charge in [-0.1, -0.05) is 11.6 Å². The molecule has 2 aliphatic rings. The molecule has 2 aliphatic heterocycles. The number of hydrogen-bond acceptors (Lipinski definition) is 4. The molecular weight excluding hydrogens is 308 g/mol. The number of nitrogens with two attached hydrogens (primary N) is 1. The highest BCUT2D eigenvalue weighted by molar-refractivity contribution is 7.99. The predicted molar refractivity (Wildman–Crippen MR) is 84.6 cm³/mol. The Labute approximate surface area is 133 Å². The zero-order valence-corrected chi connectivity index (χ0v) is 13.5. The average Bonchev–Trinajstić information content (AvgIpc) is 2.80.